The Morgan fingerprint density at radius 1 is 1.12 bits per heavy atom. The van der Waals surface area contributed by atoms with Gasteiger partial charge in [0, 0.05) is 0 Å². The molecule has 0 bridgehead atoms. The maximum atomic E-state index is 12.0. The summed E-state index contributed by atoms with van der Waals surface area (Å²) in [6, 6.07) is 0. The van der Waals surface area contributed by atoms with Crippen LogP contribution in [-0.4, -0.2) is 33.7 Å². The van der Waals surface area contributed by atoms with Gasteiger partial charge in [0.1, 0.15) is 0 Å². The fourth-order valence-corrected chi connectivity index (χ4v) is 3.54. The van der Waals surface area contributed by atoms with Crippen molar-refractivity contribution in [3.05, 3.63) is 0 Å². The number of hydrogen-bond donors (Lipinski definition) is 0. The molecule has 0 aliphatic carbocycles. The molecule has 0 radical (unpaired) electrons. The van der Waals surface area contributed by atoms with Gasteiger partial charge in [-0.1, -0.05) is 0 Å². The summed E-state index contributed by atoms with van der Waals surface area (Å²) >= 11 is 0. The van der Waals surface area contributed by atoms with E-state index in [1.165, 1.54) is 0 Å². The molecule has 0 heterocycles. The van der Waals surface area contributed by atoms with Gasteiger partial charge in [0.15, 0.2) is 0 Å². The molecule has 0 aromatic rings. The van der Waals surface area contributed by atoms with E-state index in [9.17, 15) is 9.36 Å². The molecule has 0 fully saturated rings. The predicted octanol–water partition coefficient (Wildman–Crippen LogP) is 3.02. The summed E-state index contributed by atoms with van der Waals surface area (Å²) in [5.41, 5.74) is 0. The first kappa shape index (κ1) is 16.8. The lowest BCUT2D eigenvalue weighted by Crippen LogP contribution is -2.29. The van der Waals surface area contributed by atoms with Crippen LogP contribution in [0.15, 0.2) is 0 Å². The van der Waals surface area contributed by atoms with Gasteiger partial charge in [-0.2, -0.15) is 0 Å². The lowest BCUT2D eigenvalue weighted by Gasteiger charge is -2.19. The van der Waals surface area contributed by atoms with Crippen LogP contribution in [0.4, 0.5) is 0 Å². The van der Waals surface area contributed by atoms with Crippen molar-refractivity contribution < 1.29 is 22.8 Å². The Labute approximate surface area is 104 Å². The van der Waals surface area contributed by atoms with Crippen molar-refractivity contribution in [3.8, 4) is 0 Å². The molecular weight excluding hydrogens is 259 g/mol. The minimum atomic E-state index is -3.12. The highest BCUT2D eigenvalue weighted by Gasteiger charge is 2.27. The van der Waals surface area contributed by atoms with E-state index < -0.39 is 15.9 Å². The topological polar surface area (TPSA) is 61.8 Å². The summed E-state index contributed by atoms with van der Waals surface area (Å²) in [4.78, 5) is 11.5. The molecule has 0 N–H and O–H groups in total. The predicted molar refractivity (Wildman–Crippen MR) is 69.8 cm³/mol. The Hall–Kier alpha value is -0.163. The van der Waals surface area contributed by atoms with E-state index in [4.69, 9.17) is 13.5 Å². The van der Waals surface area contributed by atoms with Crippen molar-refractivity contribution in [2.24, 2.45) is 0 Å². The smallest absolute Gasteiger partial charge is 0.331 e. The number of rotatable bonds is 8. The van der Waals surface area contributed by atoms with E-state index in [2.05, 4.69) is 0 Å². The molecule has 0 saturated heterocycles. The van der Waals surface area contributed by atoms with E-state index in [1.54, 1.807) is 13.8 Å². The summed E-state index contributed by atoms with van der Waals surface area (Å²) < 4.78 is 27.5. The highest BCUT2D eigenvalue weighted by Crippen LogP contribution is 2.48. The van der Waals surface area contributed by atoms with Gasteiger partial charge in [0.2, 0.25) is 8.32 Å². The number of hydrogen-bond acceptors (Lipinski definition) is 5. The molecule has 0 amide bonds. The van der Waals surface area contributed by atoms with Gasteiger partial charge < -0.3 is 13.5 Å². The molecule has 102 valence electrons. The highest BCUT2D eigenvalue weighted by atomic mass is 31.2. The lowest BCUT2D eigenvalue weighted by atomic mass is 10.5. The molecule has 0 saturated carbocycles. The first-order chi connectivity index (χ1) is 7.72. The quantitative estimate of drug-likeness (QED) is 0.506. The molecule has 0 aromatic heterocycles. The fourth-order valence-electron chi connectivity index (χ4n) is 1.18. The zero-order valence-electron chi connectivity index (χ0n) is 11.3. The summed E-state index contributed by atoms with van der Waals surface area (Å²) in [5.74, 6) is -0.330. The second-order valence-corrected chi connectivity index (χ2v) is 11.1. The van der Waals surface area contributed by atoms with Gasteiger partial charge in [0.05, 0.1) is 25.8 Å². The van der Waals surface area contributed by atoms with Crippen LogP contribution in [0.1, 0.15) is 20.3 Å². The van der Waals surface area contributed by atoms with Crippen LogP contribution in [0.3, 0.4) is 0 Å². The Morgan fingerprint density at radius 3 is 1.94 bits per heavy atom. The molecule has 0 aromatic carbocycles. The number of carbonyl (C=O) groups excluding carboxylic acids is 1. The molecule has 17 heavy (non-hydrogen) atoms. The normalized spacial score (nSPS) is 12.5. The summed E-state index contributed by atoms with van der Waals surface area (Å²) in [7, 11) is -5.00. The van der Waals surface area contributed by atoms with Crippen LogP contribution >= 0.6 is 7.60 Å². The van der Waals surface area contributed by atoms with Crippen LogP contribution in [0, 0.1) is 0 Å². The average molecular weight is 282 g/mol. The monoisotopic (exact) mass is 282 g/mol. The summed E-state index contributed by atoms with van der Waals surface area (Å²) in [5, 5.41) is 0. The van der Waals surface area contributed by atoms with Crippen LogP contribution in [0.2, 0.25) is 19.6 Å². The standard InChI is InChI=1S/C10H23O5PSi/c1-6-13-16(12,14-7-2)9-8-10(11)15-17(3,4)5/h6-9H2,1-5H3. The first-order valence-corrected chi connectivity index (χ1v) is 11.0. The van der Waals surface area contributed by atoms with Crippen molar-refractivity contribution in [3.63, 3.8) is 0 Å². The van der Waals surface area contributed by atoms with Crippen LogP contribution in [0.5, 0.6) is 0 Å². The van der Waals surface area contributed by atoms with E-state index in [1.807, 2.05) is 19.6 Å². The van der Waals surface area contributed by atoms with Gasteiger partial charge in [-0.15, -0.1) is 0 Å². The van der Waals surface area contributed by atoms with Crippen molar-refractivity contribution in [2.45, 2.75) is 39.9 Å². The second kappa shape index (κ2) is 7.31. The highest BCUT2D eigenvalue weighted by molar-refractivity contribution is 7.53. The van der Waals surface area contributed by atoms with E-state index in [-0.39, 0.29) is 18.6 Å². The minimum absolute atomic E-state index is 0.0710. The van der Waals surface area contributed by atoms with Gasteiger partial charge in [-0.25, -0.2) is 0 Å². The van der Waals surface area contributed by atoms with Gasteiger partial charge in [0.25, 0.3) is 5.97 Å². The van der Waals surface area contributed by atoms with Crippen molar-refractivity contribution in [2.75, 3.05) is 19.4 Å². The Balaban J connectivity index is 4.22. The van der Waals surface area contributed by atoms with Crippen molar-refractivity contribution in [1.82, 2.24) is 0 Å². The third-order valence-electron chi connectivity index (χ3n) is 1.66. The van der Waals surface area contributed by atoms with Crippen LogP contribution in [0.25, 0.3) is 0 Å². The molecule has 7 heteroatoms. The SMILES string of the molecule is CCOP(=O)(CCC(=O)O[Si](C)(C)C)OCC. The maximum Gasteiger partial charge on any atom is 0.331 e. The second-order valence-electron chi connectivity index (χ2n) is 4.51. The van der Waals surface area contributed by atoms with Gasteiger partial charge >= 0.3 is 7.60 Å². The Morgan fingerprint density at radius 2 is 1.59 bits per heavy atom. The van der Waals surface area contributed by atoms with Crippen LogP contribution < -0.4 is 0 Å². The van der Waals surface area contributed by atoms with Gasteiger partial charge in [-0.05, 0) is 33.5 Å². The molecule has 0 spiro atoms. The van der Waals surface area contributed by atoms with Crippen LogP contribution in [-0.2, 0) is 22.8 Å². The minimum Gasteiger partial charge on any atom is -0.520 e. The summed E-state index contributed by atoms with van der Waals surface area (Å²) in [6.45, 7) is 9.87. The molecule has 0 aliphatic heterocycles. The lowest BCUT2D eigenvalue weighted by molar-refractivity contribution is -0.134. The Bertz CT molecular complexity index is 277. The largest absolute Gasteiger partial charge is 0.520 e. The third kappa shape index (κ3) is 8.55. The number of carbonyl (C=O) groups is 1. The Kier molecular flexibility index (Phi) is 7.24. The fraction of sp³-hybridized carbons (Fsp3) is 0.900. The van der Waals surface area contributed by atoms with Gasteiger partial charge in [-0.3, -0.25) is 9.36 Å². The third-order valence-corrected chi connectivity index (χ3v) is 4.58. The molecule has 5 nitrogen and oxygen atoms in total. The molecule has 0 atom stereocenters. The molecule has 0 aliphatic rings. The maximum absolute atomic E-state index is 12.0. The zero-order chi connectivity index (χ0) is 13.5. The van der Waals surface area contributed by atoms with Crippen molar-refractivity contribution >= 4 is 21.9 Å². The first-order valence-electron chi connectivity index (χ1n) is 5.82. The molecule has 0 unspecified atom stereocenters. The van der Waals surface area contributed by atoms with E-state index in [0.717, 1.165) is 0 Å². The van der Waals surface area contributed by atoms with Crippen molar-refractivity contribution in [1.29, 1.82) is 0 Å². The van der Waals surface area contributed by atoms with E-state index in [0.29, 0.717) is 13.2 Å². The summed E-state index contributed by atoms with van der Waals surface area (Å²) in [6.07, 6.45) is 0.152. The van der Waals surface area contributed by atoms with E-state index >= 15 is 0 Å². The average Bonchev–Trinajstić information content (AvgIpc) is 2.13. The zero-order valence-corrected chi connectivity index (χ0v) is 13.2. The molecule has 0 rings (SSSR count). The molecular formula is C10H23O5PSi.